The molecule has 0 spiro atoms. The summed E-state index contributed by atoms with van der Waals surface area (Å²) in [6, 6.07) is 4.57. The second kappa shape index (κ2) is 6.34. The van der Waals surface area contributed by atoms with Gasteiger partial charge in [-0.05, 0) is 31.5 Å². The summed E-state index contributed by atoms with van der Waals surface area (Å²) < 4.78 is 33.4. The number of hydrogen-bond acceptors (Lipinski definition) is 5. The lowest BCUT2D eigenvalue weighted by atomic mass is 10.1. The van der Waals surface area contributed by atoms with Crippen LogP contribution in [-0.4, -0.2) is 45.6 Å². The van der Waals surface area contributed by atoms with Crippen LogP contribution >= 0.6 is 0 Å². The van der Waals surface area contributed by atoms with E-state index in [0.29, 0.717) is 30.1 Å². The Morgan fingerprint density at radius 3 is 2.71 bits per heavy atom. The third kappa shape index (κ3) is 3.87. The standard InChI is InChI=1S/C14H19NO5S/c1-3-20-12-5-4-10(8-13(12)19-2)14(16)15-11-6-7-21(17,18)9-11/h4-5,8,11H,3,6-7,9H2,1-2H3,(H,15,16)/t11-/m0/s1. The lowest BCUT2D eigenvalue weighted by Crippen LogP contribution is -2.35. The molecule has 1 aromatic rings. The summed E-state index contributed by atoms with van der Waals surface area (Å²) in [7, 11) is -1.51. The van der Waals surface area contributed by atoms with Crippen LogP contribution in [0, 0.1) is 0 Å². The number of amides is 1. The summed E-state index contributed by atoms with van der Waals surface area (Å²) in [4.78, 5) is 12.1. The zero-order valence-corrected chi connectivity index (χ0v) is 12.9. The Morgan fingerprint density at radius 1 is 1.38 bits per heavy atom. The average molecular weight is 313 g/mol. The second-order valence-corrected chi connectivity index (χ2v) is 7.10. The zero-order valence-electron chi connectivity index (χ0n) is 12.1. The van der Waals surface area contributed by atoms with E-state index in [1.165, 1.54) is 7.11 Å². The molecule has 0 aliphatic carbocycles. The van der Waals surface area contributed by atoms with Gasteiger partial charge < -0.3 is 14.8 Å². The van der Waals surface area contributed by atoms with Crippen molar-refractivity contribution in [3.05, 3.63) is 23.8 Å². The highest BCUT2D eigenvalue weighted by molar-refractivity contribution is 7.91. The van der Waals surface area contributed by atoms with Gasteiger partial charge in [0.15, 0.2) is 21.3 Å². The van der Waals surface area contributed by atoms with E-state index in [4.69, 9.17) is 9.47 Å². The molecule has 1 heterocycles. The summed E-state index contributed by atoms with van der Waals surface area (Å²) >= 11 is 0. The molecule has 21 heavy (non-hydrogen) atoms. The molecule has 1 amide bonds. The first kappa shape index (κ1) is 15.6. The zero-order chi connectivity index (χ0) is 15.5. The highest BCUT2D eigenvalue weighted by Crippen LogP contribution is 2.28. The van der Waals surface area contributed by atoms with Crippen LogP contribution in [0.1, 0.15) is 23.7 Å². The molecule has 1 aromatic carbocycles. The molecule has 0 aromatic heterocycles. The highest BCUT2D eigenvalue weighted by atomic mass is 32.2. The molecule has 0 unspecified atom stereocenters. The predicted molar refractivity (Wildman–Crippen MR) is 78.7 cm³/mol. The van der Waals surface area contributed by atoms with E-state index in [9.17, 15) is 13.2 Å². The van der Waals surface area contributed by atoms with Crippen LogP contribution in [0.4, 0.5) is 0 Å². The molecule has 2 rings (SSSR count). The van der Waals surface area contributed by atoms with E-state index in [2.05, 4.69) is 5.32 Å². The van der Waals surface area contributed by atoms with E-state index >= 15 is 0 Å². The van der Waals surface area contributed by atoms with Crippen molar-refractivity contribution in [3.8, 4) is 11.5 Å². The Kier molecular flexibility index (Phi) is 4.72. The topological polar surface area (TPSA) is 81.7 Å². The van der Waals surface area contributed by atoms with E-state index in [1.807, 2.05) is 6.92 Å². The molecule has 1 aliphatic rings. The Hall–Kier alpha value is -1.76. The van der Waals surface area contributed by atoms with Crippen LogP contribution < -0.4 is 14.8 Å². The maximum Gasteiger partial charge on any atom is 0.251 e. The van der Waals surface area contributed by atoms with Gasteiger partial charge in [0.25, 0.3) is 5.91 Å². The lowest BCUT2D eigenvalue weighted by molar-refractivity contribution is 0.0940. The molecule has 1 N–H and O–H groups in total. The maximum atomic E-state index is 12.1. The van der Waals surface area contributed by atoms with Gasteiger partial charge in [0.05, 0.1) is 25.2 Å². The van der Waals surface area contributed by atoms with Gasteiger partial charge in [-0.25, -0.2) is 8.42 Å². The molecule has 1 fully saturated rings. The minimum Gasteiger partial charge on any atom is -0.493 e. The first-order chi connectivity index (χ1) is 9.95. The number of carbonyl (C=O) groups is 1. The van der Waals surface area contributed by atoms with Crippen molar-refractivity contribution in [2.24, 2.45) is 0 Å². The van der Waals surface area contributed by atoms with Crippen LogP contribution in [0.15, 0.2) is 18.2 Å². The van der Waals surface area contributed by atoms with Crippen molar-refractivity contribution in [1.82, 2.24) is 5.32 Å². The minimum atomic E-state index is -3.01. The Balaban J connectivity index is 2.09. The Bertz CT molecular complexity index is 626. The lowest BCUT2D eigenvalue weighted by Gasteiger charge is -2.13. The molecule has 1 aliphatic heterocycles. The fourth-order valence-electron chi connectivity index (χ4n) is 2.26. The minimum absolute atomic E-state index is 0.00685. The number of ether oxygens (including phenoxy) is 2. The van der Waals surface area contributed by atoms with Crippen molar-refractivity contribution in [3.63, 3.8) is 0 Å². The molecule has 0 bridgehead atoms. The monoisotopic (exact) mass is 313 g/mol. The van der Waals surface area contributed by atoms with Crippen molar-refractivity contribution in [1.29, 1.82) is 0 Å². The van der Waals surface area contributed by atoms with E-state index in [0.717, 1.165) is 0 Å². The number of nitrogens with one attached hydrogen (secondary N) is 1. The molecule has 0 saturated carbocycles. The van der Waals surface area contributed by atoms with Gasteiger partial charge in [0.1, 0.15) is 0 Å². The van der Waals surface area contributed by atoms with Crippen LogP contribution in [-0.2, 0) is 9.84 Å². The van der Waals surface area contributed by atoms with Crippen LogP contribution in [0.5, 0.6) is 11.5 Å². The van der Waals surface area contributed by atoms with Crippen LogP contribution in [0.2, 0.25) is 0 Å². The van der Waals surface area contributed by atoms with Gasteiger partial charge in [-0.3, -0.25) is 4.79 Å². The molecule has 116 valence electrons. The molecular formula is C14H19NO5S. The number of carbonyl (C=O) groups excluding carboxylic acids is 1. The number of benzene rings is 1. The molecule has 1 atom stereocenters. The van der Waals surface area contributed by atoms with Crippen LogP contribution in [0.25, 0.3) is 0 Å². The summed E-state index contributed by atoms with van der Waals surface area (Å²) in [5.74, 6) is 0.874. The SMILES string of the molecule is CCOc1ccc(C(=O)N[C@H]2CCS(=O)(=O)C2)cc1OC. The fourth-order valence-corrected chi connectivity index (χ4v) is 3.93. The first-order valence-electron chi connectivity index (χ1n) is 6.77. The van der Waals surface area contributed by atoms with Gasteiger partial charge in [0.2, 0.25) is 0 Å². The third-order valence-corrected chi connectivity index (χ3v) is 5.06. The van der Waals surface area contributed by atoms with Gasteiger partial charge in [-0.15, -0.1) is 0 Å². The predicted octanol–water partition coefficient (Wildman–Crippen LogP) is 1.01. The summed E-state index contributed by atoms with van der Waals surface area (Å²) in [5.41, 5.74) is 0.416. The molecule has 6 nitrogen and oxygen atoms in total. The summed E-state index contributed by atoms with van der Waals surface area (Å²) in [6.45, 7) is 2.36. The Labute approximate surface area is 124 Å². The smallest absolute Gasteiger partial charge is 0.251 e. The van der Waals surface area contributed by atoms with E-state index in [1.54, 1.807) is 18.2 Å². The van der Waals surface area contributed by atoms with Gasteiger partial charge in [-0.2, -0.15) is 0 Å². The molecule has 7 heteroatoms. The summed E-state index contributed by atoms with van der Waals surface area (Å²) in [5, 5.41) is 2.74. The quantitative estimate of drug-likeness (QED) is 0.877. The maximum absolute atomic E-state index is 12.1. The van der Waals surface area contributed by atoms with E-state index in [-0.39, 0.29) is 23.5 Å². The number of methoxy groups -OCH3 is 1. The molecular weight excluding hydrogens is 294 g/mol. The van der Waals surface area contributed by atoms with Crippen molar-refractivity contribution >= 4 is 15.7 Å². The van der Waals surface area contributed by atoms with Gasteiger partial charge in [-0.1, -0.05) is 0 Å². The van der Waals surface area contributed by atoms with E-state index < -0.39 is 9.84 Å². The van der Waals surface area contributed by atoms with Crippen molar-refractivity contribution < 1.29 is 22.7 Å². The molecule has 0 radical (unpaired) electrons. The fraction of sp³-hybridized carbons (Fsp3) is 0.500. The molecule has 1 saturated heterocycles. The van der Waals surface area contributed by atoms with Crippen molar-refractivity contribution in [2.45, 2.75) is 19.4 Å². The largest absolute Gasteiger partial charge is 0.493 e. The summed E-state index contributed by atoms with van der Waals surface area (Å²) in [6.07, 6.45) is 0.461. The first-order valence-corrected chi connectivity index (χ1v) is 8.59. The number of hydrogen-bond donors (Lipinski definition) is 1. The second-order valence-electron chi connectivity index (χ2n) is 4.87. The van der Waals surface area contributed by atoms with Crippen LogP contribution in [0.3, 0.4) is 0 Å². The number of sulfone groups is 1. The van der Waals surface area contributed by atoms with Gasteiger partial charge in [0, 0.05) is 11.6 Å². The average Bonchev–Trinajstić information content (AvgIpc) is 2.78. The number of rotatable bonds is 5. The third-order valence-electron chi connectivity index (χ3n) is 3.29. The normalized spacial score (nSPS) is 20.0. The van der Waals surface area contributed by atoms with Crippen molar-refractivity contribution in [2.75, 3.05) is 25.2 Å². The van der Waals surface area contributed by atoms with Gasteiger partial charge >= 0.3 is 0 Å². The highest BCUT2D eigenvalue weighted by Gasteiger charge is 2.29. The Morgan fingerprint density at radius 2 is 2.14 bits per heavy atom.